The Morgan fingerprint density at radius 3 is 2.72 bits per heavy atom. The van der Waals surface area contributed by atoms with Crippen LogP contribution in [0.1, 0.15) is 50.2 Å². The van der Waals surface area contributed by atoms with Crippen LogP contribution in [0.15, 0.2) is 4.52 Å². The minimum atomic E-state index is -0.0373. The van der Waals surface area contributed by atoms with Gasteiger partial charge in [0.2, 0.25) is 5.89 Å². The molecule has 0 bridgehead atoms. The number of ether oxygens (including phenoxy) is 1. The molecule has 1 saturated carbocycles. The molecular formula is C13H23N3O2. The number of hydrogen-bond acceptors (Lipinski definition) is 5. The zero-order valence-electron chi connectivity index (χ0n) is 11.3. The Morgan fingerprint density at radius 1 is 1.39 bits per heavy atom. The van der Waals surface area contributed by atoms with Gasteiger partial charge in [-0.05, 0) is 18.8 Å². The highest BCUT2D eigenvalue weighted by Crippen LogP contribution is 2.34. The van der Waals surface area contributed by atoms with E-state index in [1.54, 1.807) is 7.11 Å². The Bertz CT molecular complexity index is 355. The van der Waals surface area contributed by atoms with Crippen LogP contribution >= 0.6 is 0 Å². The monoisotopic (exact) mass is 253 g/mol. The molecule has 1 aromatic rings. The van der Waals surface area contributed by atoms with Crippen molar-refractivity contribution in [3.05, 3.63) is 11.7 Å². The zero-order valence-corrected chi connectivity index (χ0v) is 11.3. The summed E-state index contributed by atoms with van der Waals surface area (Å²) in [7, 11) is 1.65. The average Bonchev–Trinajstić information content (AvgIpc) is 2.85. The van der Waals surface area contributed by atoms with Gasteiger partial charge in [0.05, 0.1) is 12.5 Å². The highest BCUT2D eigenvalue weighted by Gasteiger charge is 2.24. The third-order valence-corrected chi connectivity index (χ3v) is 3.86. The van der Waals surface area contributed by atoms with Gasteiger partial charge in [0.25, 0.3) is 0 Å². The maximum absolute atomic E-state index is 5.58. The first-order chi connectivity index (χ1) is 8.72. The van der Waals surface area contributed by atoms with Crippen molar-refractivity contribution in [3.8, 4) is 0 Å². The summed E-state index contributed by atoms with van der Waals surface area (Å²) in [6.07, 6.45) is 5.43. The fourth-order valence-electron chi connectivity index (χ4n) is 2.49. The third kappa shape index (κ3) is 3.29. The molecule has 5 heteroatoms. The second-order valence-corrected chi connectivity index (χ2v) is 5.30. The van der Waals surface area contributed by atoms with Gasteiger partial charge in [-0.3, -0.25) is 0 Å². The Labute approximate surface area is 108 Å². The minimum Gasteiger partial charge on any atom is -0.380 e. The maximum atomic E-state index is 5.58. The van der Waals surface area contributed by atoms with Crippen molar-refractivity contribution in [1.82, 2.24) is 10.1 Å². The van der Waals surface area contributed by atoms with E-state index in [4.69, 9.17) is 15.0 Å². The summed E-state index contributed by atoms with van der Waals surface area (Å²) in [4.78, 5) is 4.48. The average molecular weight is 253 g/mol. The molecule has 102 valence electrons. The van der Waals surface area contributed by atoms with Crippen LogP contribution < -0.4 is 5.73 Å². The molecule has 1 aromatic heterocycles. The van der Waals surface area contributed by atoms with Crippen molar-refractivity contribution in [2.75, 3.05) is 13.7 Å². The van der Waals surface area contributed by atoms with E-state index in [1.807, 2.05) is 0 Å². The number of methoxy groups -OCH3 is 1. The van der Waals surface area contributed by atoms with Crippen molar-refractivity contribution in [2.45, 2.75) is 51.0 Å². The number of rotatable bonds is 5. The second-order valence-electron chi connectivity index (χ2n) is 5.30. The summed E-state index contributed by atoms with van der Waals surface area (Å²) in [6.45, 7) is 2.78. The summed E-state index contributed by atoms with van der Waals surface area (Å²) >= 11 is 0. The lowest BCUT2D eigenvalue weighted by molar-refractivity contribution is 0.102. The van der Waals surface area contributed by atoms with Crippen molar-refractivity contribution < 1.29 is 9.26 Å². The lowest BCUT2D eigenvalue weighted by Gasteiger charge is -2.23. The molecule has 2 N–H and O–H groups in total. The van der Waals surface area contributed by atoms with Gasteiger partial charge in [-0.2, -0.15) is 4.98 Å². The van der Waals surface area contributed by atoms with Crippen LogP contribution in [-0.2, 0) is 11.2 Å². The highest BCUT2D eigenvalue weighted by atomic mass is 16.5. The summed E-state index contributed by atoms with van der Waals surface area (Å²) < 4.78 is 10.5. The van der Waals surface area contributed by atoms with E-state index < -0.39 is 0 Å². The summed E-state index contributed by atoms with van der Waals surface area (Å²) in [6, 6.07) is 0. The van der Waals surface area contributed by atoms with E-state index in [0.717, 1.165) is 11.7 Å². The molecule has 1 fully saturated rings. The number of nitrogens with two attached hydrogens (primary N) is 1. The molecule has 1 atom stereocenters. The van der Waals surface area contributed by atoms with E-state index in [-0.39, 0.29) is 6.10 Å². The van der Waals surface area contributed by atoms with Crippen LogP contribution in [0, 0.1) is 5.92 Å². The van der Waals surface area contributed by atoms with Crippen molar-refractivity contribution >= 4 is 0 Å². The zero-order chi connectivity index (χ0) is 13.0. The van der Waals surface area contributed by atoms with Crippen LogP contribution in [-0.4, -0.2) is 29.9 Å². The summed E-state index contributed by atoms with van der Waals surface area (Å²) in [5.41, 5.74) is 5.58. The first-order valence-corrected chi connectivity index (χ1v) is 6.78. The second kappa shape index (κ2) is 6.29. The summed E-state index contributed by atoms with van der Waals surface area (Å²) in [5.74, 6) is 2.81. The smallest absolute Gasteiger partial charge is 0.229 e. The molecule has 5 nitrogen and oxygen atoms in total. The van der Waals surface area contributed by atoms with Crippen LogP contribution in [0.2, 0.25) is 0 Å². The van der Waals surface area contributed by atoms with E-state index in [2.05, 4.69) is 17.1 Å². The maximum Gasteiger partial charge on any atom is 0.229 e. The van der Waals surface area contributed by atoms with Gasteiger partial charge in [0.15, 0.2) is 5.82 Å². The molecule has 1 heterocycles. The molecule has 1 aliphatic carbocycles. The highest BCUT2D eigenvalue weighted by molar-refractivity contribution is 4.98. The van der Waals surface area contributed by atoms with Gasteiger partial charge in [-0.25, -0.2) is 0 Å². The molecular weight excluding hydrogens is 230 g/mol. The largest absolute Gasteiger partial charge is 0.380 e. The molecule has 0 aromatic carbocycles. The van der Waals surface area contributed by atoms with Crippen LogP contribution in [0.4, 0.5) is 0 Å². The lowest BCUT2D eigenvalue weighted by atomic mass is 9.83. The molecule has 18 heavy (non-hydrogen) atoms. The topological polar surface area (TPSA) is 74.2 Å². The number of aromatic nitrogens is 2. The Morgan fingerprint density at radius 2 is 2.11 bits per heavy atom. The van der Waals surface area contributed by atoms with Gasteiger partial charge in [0, 0.05) is 19.6 Å². The molecule has 2 rings (SSSR count). The SMILES string of the molecule is COC(CN)Cc1nc(C2CCC(C)CC2)no1. The van der Waals surface area contributed by atoms with E-state index in [0.29, 0.717) is 24.8 Å². The van der Waals surface area contributed by atoms with Crippen molar-refractivity contribution in [2.24, 2.45) is 11.7 Å². The fourth-order valence-corrected chi connectivity index (χ4v) is 2.49. The molecule has 0 aliphatic heterocycles. The van der Waals surface area contributed by atoms with Gasteiger partial charge in [0.1, 0.15) is 0 Å². The molecule has 0 saturated heterocycles. The molecule has 1 aliphatic rings. The van der Waals surface area contributed by atoms with E-state index in [1.165, 1.54) is 25.7 Å². The Balaban J connectivity index is 1.93. The Kier molecular flexibility index (Phi) is 4.72. The minimum absolute atomic E-state index is 0.0373. The van der Waals surface area contributed by atoms with Gasteiger partial charge in [-0.1, -0.05) is 24.9 Å². The molecule has 0 spiro atoms. The van der Waals surface area contributed by atoms with Gasteiger partial charge >= 0.3 is 0 Å². The first kappa shape index (κ1) is 13.5. The summed E-state index contributed by atoms with van der Waals surface area (Å²) in [5, 5.41) is 4.10. The van der Waals surface area contributed by atoms with Crippen molar-refractivity contribution in [3.63, 3.8) is 0 Å². The lowest BCUT2D eigenvalue weighted by Crippen LogP contribution is -2.24. The van der Waals surface area contributed by atoms with Crippen molar-refractivity contribution in [1.29, 1.82) is 0 Å². The first-order valence-electron chi connectivity index (χ1n) is 6.78. The molecule has 0 radical (unpaired) electrons. The van der Waals surface area contributed by atoms with Crippen LogP contribution in [0.5, 0.6) is 0 Å². The van der Waals surface area contributed by atoms with E-state index in [9.17, 15) is 0 Å². The predicted molar refractivity (Wildman–Crippen MR) is 68.2 cm³/mol. The molecule has 0 amide bonds. The van der Waals surface area contributed by atoms with Crippen LogP contribution in [0.3, 0.4) is 0 Å². The normalized spacial score (nSPS) is 26.2. The van der Waals surface area contributed by atoms with Crippen LogP contribution in [0.25, 0.3) is 0 Å². The molecule has 1 unspecified atom stereocenters. The number of hydrogen-bond donors (Lipinski definition) is 1. The fraction of sp³-hybridized carbons (Fsp3) is 0.846. The quantitative estimate of drug-likeness (QED) is 0.867. The number of nitrogens with zero attached hydrogens (tertiary/aromatic N) is 2. The third-order valence-electron chi connectivity index (χ3n) is 3.86. The Hall–Kier alpha value is -0.940. The van der Waals surface area contributed by atoms with Gasteiger partial charge < -0.3 is 15.0 Å². The van der Waals surface area contributed by atoms with Gasteiger partial charge in [-0.15, -0.1) is 0 Å². The van der Waals surface area contributed by atoms with E-state index >= 15 is 0 Å². The standard InChI is InChI=1S/C13H23N3O2/c1-9-3-5-10(6-4-9)13-15-12(18-16-13)7-11(8-14)17-2/h9-11H,3-8,14H2,1-2H3. The predicted octanol–water partition coefficient (Wildman–Crippen LogP) is 1.88.